The van der Waals surface area contributed by atoms with Gasteiger partial charge in [-0.2, -0.15) is 11.8 Å². The molecule has 1 unspecified atom stereocenters. The van der Waals surface area contributed by atoms with Gasteiger partial charge in [-0.15, -0.1) is 13.2 Å². The highest BCUT2D eigenvalue weighted by Crippen LogP contribution is 2.31. The van der Waals surface area contributed by atoms with E-state index in [9.17, 15) is 13.2 Å². The number of hydrogen-bond acceptors (Lipinski definition) is 3. The average molecular weight is 321 g/mol. The van der Waals surface area contributed by atoms with Gasteiger partial charge in [0.25, 0.3) is 0 Å². The van der Waals surface area contributed by atoms with Crippen LogP contribution in [0, 0.1) is 0 Å². The molecule has 1 atom stereocenters. The molecule has 1 aromatic rings. The molecule has 120 valence electrons. The molecular formula is C15H22F3NOS. The molecule has 0 fully saturated rings. The molecule has 1 aromatic carbocycles. The number of nitrogens with one attached hydrogen (secondary N) is 1. The van der Waals surface area contributed by atoms with Crippen LogP contribution in [-0.2, 0) is 0 Å². The van der Waals surface area contributed by atoms with Crippen molar-refractivity contribution < 1.29 is 17.9 Å². The summed E-state index contributed by atoms with van der Waals surface area (Å²) in [5, 5.41) is 3.30. The van der Waals surface area contributed by atoms with Crippen molar-refractivity contribution in [2.24, 2.45) is 0 Å². The summed E-state index contributed by atoms with van der Waals surface area (Å²) in [4.78, 5) is 0. The number of hydrogen-bond donors (Lipinski definition) is 1. The molecule has 6 heteroatoms. The van der Waals surface area contributed by atoms with Gasteiger partial charge in [-0.25, -0.2) is 0 Å². The Morgan fingerprint density at radius 1 is 1.19 bits per heavy atom. The van der Waals surface area contributed by atoms with Crippen LogP contribution >= 0.6 is 11.8 Å². The van der Waals surface area contributed by atoms with Crippen LogP contribution in [0.25, 0.3) is 0 Å². The Morgan fingerprint density at radius 2 is 1.90 bits per heavy atom. The predicted octanol–water partition coefficient (Wildman–Crippen LogP) is 4.77. The first kappa shape index (κ1) is 18.2. The first-order chi connectivity index (χ1) is 9.98. The molecule has 0 saturated heterocycles. The maximum absolute atomic E-state index is 12.5. The number of halogens is 3. The van der Waals surface area contributed by atoms with Crippen LogP contribution in [0.4, 0.5) is 13.2 Å². The lowest BCUT2D eigenvalue weighted by molar-refractivity contribution is -0.275. The maximum atomic E-state index is 12.5. The Hall–Kier alpha value is -0.880. The van der Waals surface area contributed by atoms with E-state index in [1.54, 1.807) is 30.0 Å². The molecule has 0 aliphatic heterocycles. The van der Waals surface area contributed by atoms with E-state index in [1.165, 1.54) is 6.07 Å². The monoisotopic (exact) mass is 321 g/mol. The third-order valence-electron chi connectivity index (χ3n) is 2.79. The van der Waals surface area contributed by atoms with Gasteiger partial charge < -0.3 is 10.1 Å². The SMILES string of the molecule is CCCNC(CSCCC)c1ccccc1OC(F)(F)F. The fourth-order valence-corrected chi connectivity index (χ4v) is 2.90. The highest BCUT2D eigenvalue weighted by atomic mass is 32.2. The largest absolute Gasteiger partial charge is 0.573 e. The molecule has 1 rings (SSSR count). The van der Waals surface area contributed by atoms with Gasteiger partial charge in [-0.1, -0.05) is 32.0 Å². The smallest absolute Gasteiger partial charge is 0.405 e. The van der Waals surface area contributed by atoms with Crippen molar-refractivity contribution in [3.05, 3.63) is 29.8 Å². The number of alkyl halides is 3. The van der Waals surface area contributed by atoms with E-state index in [1.807, 2.05) is 6.92 Å². The third kappa shape index (κ3) is 7.09. The Morgan fingerprint density at radius 3 is 2.52 bits per heavy atom. The van der Waals surface area contributed by atoms with Gasteiger partial charge in [0.05, 0.1) is 0 Å². The summed E-state index contributed by atoms with van der Waals surface area (Å²) in [5.41, 5.74) is 0.562. The number of para-hydroxylation sites is 1. The summed E-state index contributed by atoms with van der Waals surface area (Å²) in [5.74, 6) is 1.61. The zero-order valence-electron chi connectivity index (χ0n) is 12.4. The van der Waals surface area contributed by atoms with Crippen LogP contribution in [0.3, 0.4) is 0 Å². The zero-order chi connectivity index (χ0) is 15.7. The van der Waals surface area contributed by atoms with E-state index in [4.69, 9.17) is 0 Å². The summed E-state index contributed by atoms with van der Waals surface area (Å²) in [6.45, 7) is 4.88. The lowest BCUT2D eigenvalue weighted by atomic mass is 10.1. The van der Waals surface area contributed by atoms with E-state index >= 15 is 0 Å². The standard InChI is InChI=1S/C15H22F3NOS/c1-3-9-19-13(11-21-10-4-2)12-7-5-6-8-14(12)20-15(16,17)18/h5-8,13,19H,3-4,9-11H2,1-2H3. The minimum atomic E-state index is -4.66. The van der Waals surface area contributed by atoms with Crippen LogP contribution < -0.4 is 10.1 Å². The Bertz CT molecular complexity index is 412. The van der Waals surface area contributed by atoms with Crippen LogP contribution in [-0.4, -0.2) is 24.4 Å². The average Bonchev–Trinajstić information content (AvgIpc) is 2.42. The van der Waals surface area contributed by atoms with Gasteiger partial charge in [-0.3, -0.25) is 0 Å². The van der Waals surface area contributed by atoms with E-state index in [0.29, 0.717) is 5.56 Å². The minimum absolute atomic E-state index is 0.115. The fraction of sp³-hybridized carbons (Fsp3) is 0.600. The van der Waals surface area contributed by atoms with Crippen molar-refractivity contribution in [1.82, 2.24) is 5.32 Å². The summed E-state index contributed by atoms with van der Waals surface area (Å²) in [7, 11) is 0. The first-order valence-electron chi connectivity index (χ1n) is 7.13. The molecular weight excluding hydrogens is 299 g/mol. The van der Waals surface area contributed by atoms with Crippen LogP contribution in [0.1, 0.15) is 38.3 Å². The zero-order valence-corrected chi connectivity index (χ0v) is 13.2. The molecule has 0 heterocycles. The van der Waals surface area contributed by atoms with E-state index in [2.05, 4.69) is 17.0 Å². The second-order valence-electron chi connectivity index (χ2n) is 4.67. The van der Waals surface area contributed by atoms with Crippen LogP contribution in [0.5, 0.6) is 5.75 Å². The van der Waals surface area contributed by atoms with Crippen LogP contribution in [0.2, 0.25) is 0 Å². The summed E-state index contributed by atoms with van der Waals surface area (Å²) >= 11 is 1.73. The predicted molar refractivity (Wildman–Crippen MR) is 81.8 cm³/mol. The molecule has 0 bridgehead atoms. The van der Waals surface area contributed by atoms with Crippen molar-refractivity contribution in [3.63, 3.8) is 0 Å². The molecule has 0 aliphatic rings. The maximum Gasteiger partial charge on any atom is 0.573 e. The number of benzene rings is 1. The Labute approximate surface area is 128 Å². The second kappa shape index (κ2) is 9.20. The number of thioether (sulfide) groups is 1. The van der Waals surface area contributed by atoms with Gasteiger partial charge in [0.2, 0.25) is 0 Å². The molecule has 2 nitrogen and oxygen atoms in total. The molecule has 0 radical (unpaired) electrons. The Kier molecular flexibility index (Phi) is 7.96. The molecule has 0 aliphatic carbocycles. The summed E-state index contributed by atoms with van der Waals surface area (Å²) in [6.07, 6.45) is -2.69. The Balaban J connectivity index is 2.88. The van der Waals surface area contributed by atoms with Gasteiger partial charge >= 0.3 is 6.36 Å². The summed E-state index contributed by atoms with van der Waals surface area (Å²) in [6, 6.07) is 6.22. The molecule has 1 N–H and O–H groups in total. The first-order valence-corrected chi connectivity index (χ1v) is 8.29. The molecule has 0 amide bonds. The fourth-order valence-electron chi connectivity index (χ4n) is 1.91. The molecule has 21 heavy (non-hydrogen) atoms. The van der Waals surface area contributed by atoms with Gasteiger partial charge in [0, 0.05) is 17.4 Å². The quantitative estimate of drug-likeness (QED) is 0.662. The lowest BCUT2D eigenvalue weighted by Crippen LogP contribution is -2.26. The van der Waals surface area contributed by atoms with E-state index in [-0.39, 0.29) is 11.8 Å². The van der Waals surface area contributed by atoms with Crippen molar-refractivity contribution >= 4 is 11.8 Å². The van der Waals surface area contributed by atoms with E-state index in [0.717, 1.165) is 30.9 Å². The number of rotatable bonds is 9. The molecule has 0 spiro atoms. The van der Waals surface area contributed by atoms with Gasteiger partial charge in [-0.05, 0) is 31.2 Å². The minimum Gasteiger partial charge on any atom is -0.405 e. The molecule has 0 aromatic heterocycles. The van der Waals surface area contributed by atoms with Crippen molar-refractivity contribution in [3.8, 4) is 5.75 Å². The van der Waals surface area contributed by atoms with E-state index < -0.39 is 6.36 Å². The van der Waals surface area contributed by atoms with Crippen molar-refractivity contribution in [2.75, 3.05) is 18.1 Å². The van der Waals surface area contributed by atoms with Crippen molar-refractivity contribution in [2.45, 2.75) is 39.1 Å². The topological polar surface area (TPSA) is 21.3 Å². The lowest BCUT2D eigenvalue weighted by Gasteiger charge is -2.22. The van der Waals surface area contributed by atoms with Crippen LogP contribution in [0.15, 0.2) is 24.3 Å². The van der Waals surface area contributed by atoms with Gasteiger partial charge in [0.1, 0.15) is 5.75 Å². The van der Waals surface area contributed by atoms with Gasteiger partial charge in [0.15, 0.2) is 0 Å². The highest BCUT2D eigenvalue weighted by molar-refractivity contribution is 7.99. The summed E-state index contributed by atoms with van der Waals surface area (Å²) < 4.78 is 41.6. The third-order valence-corrected chi connectivity index (χ3v) is 4.06. The second-order valence-corrected chi connectivity index (χ2v) is 5.82. The van der Waals surface area contributed by atoms with Crippen molar-refractivity contribution in [1.29, 1.82) is 0 Å². The highest BCUT2D eigenvalue weighted by Gasteiger charge is 2.32. The normalized spacial score (nSPS) is 13.2. The number of ether oxygens (including phenoxy) is 1. The molecule has 0 saturated carbocycles.